The van der Waals surface area contributed by atoms with Crippen molar-refractivity contribution >= 4 is 0 Å². The first-order valence-electron chi connectivity index (χ1n) is 7.57. The fourth-order valence-corrected chi connectivity index (χ4v) is 3.37. The molecule has 2 aliphatic heterocycles. The molecule has 0 aromatic heterocycles. The summed E-state index contributed by atoms with van der Waals surface area (Å²) in [6.45, 7) is 9.99. The summed E-state index contributed by atoms with van der Waals surface area (Å²) in [5.74, 6) is 0.973. The monoisotopic (exact) mass is 276 g/mol. The molecule has 4 nitrogen and oxygen atoms in total. The van der Waals surface area contributed by atoms with Crippen molar-refractivity contribution in [1.82, 2.24) is 9.80 Å². The largest absolute Gasteiger partial charge is 0.490 e. The smallest absolute Gasteiger partial charge is 0.127 e. The third kappa shape index (κ3) is 2.43. The van der Waals surface area contributed by atoms with Crippen molar-refractivity contribution < 1.29 is 9.84 Å². The van der Waals surface area contributed by atoms with Crippen LogP contribution in [0.4, 0.5) is 0 Å². The van der Waals surface area contributed by atoms with Crippen molar-refractivity contribution in [1.29, 1.82) is 0 Å². The van der Waals surface area contributed by atoms with Crippen LogP contribution in [0.5, 0.6) is 5.75 Å². The van der Waals surface area contributed by atoms with Crippen LogP contribution in [0.2, 0.25) is 0 Å². The molecule has 2 aliphatic rings. The Kier molecular flexibility index (Phi) is 3.96. The predicted molar refractivity (Wildman–Crippen MR) is 79.1 cm³/mol. The maximum absolute atomic E-state index is 10.4. The zero-order valence-corrected chi connectivity index (χ0v) is 12.4. The molecule has 1 fully saturated rings. The molecule has 2 atom stereocenters. The Morgan fingerprint density at radius 3 is 2.70 bits per heavy atom. The first-order valence-corrected chi connectivity index (χ1v) is 7.57. The molecule has 110 valence electrons. The van der Waals surface area contributed by atoms with Crippen molar-refractivity contribution in [3.05, 3.63) is 29.3 Å². The highest BCUT2D eigenvalue weighted by Gasteiger charge is 2.35. The van der Waals surface area contributed by atoms with Gasteiger partial charge in [-0.3, -0.25) is 4.90 Å². The second-order valence-electron chi connectivity index (χ2n) is 5.79. The molecular weight excluding hydrogens is 252 g/mol. The summed E-state index contributed by atoms with van der Waals surface area (Å²) in [5, 5.41) is 10.4. The van der Waals surface area contributed by atoms with Gasteiger partial charge in [-0.2, -0.15) is 0 Å². The zero-order chi connectivity index (χ0) is 14.1. The minimum absolute atomic E-state index is 0.0812. The molecule has 0 aliphatic carbocycles. The first kappa shape index (κ1) is 13.9. The summed E-state index contributed by atoms with van der Waals surface area (Å²) >= 11 is 0. The number of nitrogens with zero attached hydrogens (tertiary/aromatic N) is 2. The van der Waals surface area contributed by atoms with E-state index in [0.29, 0.717) is 6.61 Å². The molecule has 0 spiro atoms. The summed E-state index contributed by atoms with van der Waals surface area (Å²) in [4.78, 5) is 4.87. The van der Waals surface area contributed by atoms with Gasteiger partial charge in [0, 0.05) is 31.7 Å². The van der Waals surface area contributed by atoms with Crippen LogP contribution in [-0.2, 0) is 0 Å². The van der Waals surface area contributed by atoms with E-state index in [4.69, 9.17) is 4.74 Å². The summed E-state index contributed by atoms with van der Waals surface area (Å²) in [5.41, 5.74) is 2.31. The Balaban J connectivity index is 1.85. The Bertz CT molecular complexity index is 470. The Labute approximate surface area is 120 Å². The van der Waals surface area contributed by atoms with Crippen LogP contribution in [0.1, 0.15) is 24.1 Å². The first-order chi connectivity index (χ1) is 9.70. The molecule has 4 heteroatoms. The quantitative estimate of drug-likeness (QED) is 0.886. The van der Waals surface area contributed by atoms with E-state index in [-0.39, 0.29) is 6.04 Å². The number of benzene rings is 1. The highest BCUT2D eigenvalue weighted by Crippen LogP contribution is 2.38. The van der Waals surface area contributed by atoms with Gasteiger partial charge >= 0.3 is 0 Å². The molecule has 1 aromatic rings. The topological polar surface area (TPSA) is 35.9 Å². The molecule has 0 bridgehead atoms. The minimum Gasteiger partial charge on any atom is -0.490 e. The van der Waals surface area contributed by atoms with E-state index < -0.39 is 6.10 Å². The Morgan fingerprint density at radius 1 is 1.25 bits per heavy atom. The van der Waals surface area contributed by atoms with Gasteiger partial charge in [-0.1, -0.05) is 25.1 Å². The normalized spacial score (nSPS) is 27.9. The number of hydrogen-bond acceptors (Lipinski definition) is 4. The number of hydrogen-bond donors (Lipinski definition) is 1. The van der Waals surface area contributed by atoms with Gasteiger partial charge in [-0.15, -0.1) is 0 Å². The minimum atomic E-state index is -0.433. The number of aliphatic hydroxyl groups excluding tert-OH is 1. The van der Waals surface area contributed by atoms with Gasteiger partial charge in [0.05, 0.1) is 6.04 Å². The van der Waals surface area contributed by atoms with Gasteiger partial charge in [0.2, 0.25) is 0 Å². The van der Waals surface area contributed by atoms with Crippen molar-refractivity contribution in [2.24, 2.45) is 0 Å². The van der Waals surface area contributed by atoms with Crippen molar-refractivity contribution in [2.75, 3.05) is 39.3 Å². The maximum atomic E-state index is 10.4. The summed E-state index contributed by atoms with van der Waals surface area (Å²) in [7, 11) is 0. The number of ether oxygens (including phenoxy) is 1. The van der Waals surface area contributed by atoms with Crippen molar-refractivity contribution in [3.8, 4) is 5.75 Å². The SMILES string of the molecule is CCN1CCN(C2c3cccc(C)c3OCC2O)CC1. The Hall–Kier alpha value is -1.10. The molecule has 0 radical (unpaired) electrons. The number of likely N-dealkylation sites (N-methyl/N-ethyl adjacent to an activating group) is 1. The van der Waals surface area contributed by atoms with Crippen molar-refractivity contribution in [3.63, 3.8) is 0 Å². The fourth-order valence-electron chi connectivity index (χ4n) is 3.37. The van der Waals surface area contributed by atoms with E-state index in [0.717, 1.165) is 49.6 Å². The number of fused-ring (bicyclic) bond motifs is 1. The van der Waals surface area contributed by atoms with Gasteiger partial charge in [0.25, 0.3) is 0 Å². The van der Waals surface area contributed by atoms with Crippen LogP contribution in [0.25, 0.3) is 0 Å². The molecule has 0 amide bonds. The molecule has 1 aromatic carbocycles. The molecule has 1 N–H and O–H groups in total. The van der Waals surface area contributed by atoms with E-state index in [9.17, 15) is 5.11 Å². The molecule has 2 unspecified atom stereocenters. The lowest BCUT2D eigenvalue weighted by Gasteiger charge is -2.43. The van der Waals surface area contributed by atoms with Gasteiger partial charge in [-0.05, 0) is 19.0 Å². The molecule has 1 saturated heterocycles. The fraction of sp³-hybridized carbons (Fsp3) is 0.625. The summed E-state index contributed by atoms with van der Waals surface area (Å²) < 4.78 is 5.74. The number of rotatable bonds is 2. The maximum Gasteiger partial charge on any atom is 0.127 e. The van der Waals surface area contributed by atoms with Gasteiger partial charge in [0.1, 0.15) is 18.5 Å². The Morgan fingerprint density at radius 2 is 2.00 bits per heavy atom. The lowest BCUT2D eigenvalue weighted by atomic mass is 9.94. The average molecular weight is 276 g/mol. The highest BCUT2D eigenvalue weighted by molar-refractivity contribution is 5.44. The van der Waals surface area contributed by atoms with Crippen LogP contribution in [0.3, 0.4) is 0 Å². The molecule has 0 saturated carbocycles. The van der Waals surface area contributed by atoms with Crippen molar-refractivity contribution in [2.45, 2.75) is 26.0 Å². The molecule has 20 heavy (non-hydrogen) atoms. The van der Waals surface area contributed by atoms with Crippen LogP contribution in [0.15, 0.2) is 18.2 Å². The van der Waals surface area contributed by atoms with Gasteiger partial charge in [0.15, 0.2) is 0 Å². The third-order valence-corrected chi connectivity index (χ3v) is 4.57. The van der Waals surface area contributed by atoms with Crippen LogP contribution >= 0.6 is 0 Å². The van der Waals surface area contributed by atoms with E-state index in [1.54, 1.807) is 0 Å². The second kappa shape index (κ2) is 5.72. The van der Waals surface area contributed by atoms with Gasteiger partial charge in [-0.25, -0.2) is 0 Å². The summed E-state index contributed by atoms with van der Waals surface area (Å²) in [6.07, 6.45) is -0.433. The zero-order valence-electron chi connectivity index (χ0n) is 12.4. The van der Waals surface area contributed by atoms with E-state index >= 15 is 0 Å². The van der Waals surface area contributed by atoms with Crippen LogP contribution in [-0.4, -0.2) is 60.3 Å². The number of aryl methyl sites for hydroxylation is 1. The highest BCUT2D eigenvalue weighted by atomic mass is 16.5. The number of para-hydroxylation sites is 1. The number of aliphatic hydroxyl groups is 1. The van der Waals surface area contributed by atoms with E-state index in [1.165, 1.54) is 0 Å². The van der Waals surface area contributed by atoms with Crippen LogP contribution in [0, 0.1) is 6.92 Å². The van der Waals surface area contributed by atoms with Crippen LogP contribution < -0.4 is 4.74 Å². The predicted octanol–water partition coefficient (Wildman–Crippen LogP) is 1.43. The average Bonchev–Trinajstić information content (AvgIpc) is 2.48. The van der Waals surface area contributed by atoms with Gasteiger partial charge < -0.3 is 14.7 Å². The molecular formula is C16H24N2O2. The van der Waals surface area contributed by atoms with E-state index in [1.807, 2.05) is 0 Å². The lowest BCUT2D eigenvalue weighted by molar-refractivity contribution is -0.0176. The second-order valence-corrected chi connectivity index (χ2v) is 5.79. The summed E-state index contributed by atoms with van der Waals surface area (Å²) in [6, 6.07) is 6.31. The molecule has 2 heterocycles. The lowest BCUT2D eigenvalue weighted by Crippen LogP contribution is -2.51. The number of piperazine rings is 1. The van der Waals surface area contributed by atoms with E-state index in [2.05, 4.69) is 41.8 Å². The molecule has 3 rings (SSSR count). The standard InChI is InChI=1S/C16H24N2O2/c1-3-17-7-9-18(10-8-17)15-13-6-4-5-12(2)16(13)20-11-14(15)19/h4-6,14-15,19H,3,7-11H2,1-2H3. The third-order valence-electron chi connectivity index (χ3n) is 4.57.